The van der Waals surface area contributed by atoms with E-state index in [1.54, 1.807) is 0 Å². The van der Waals surface area contributed by atoms with Crippen LogP contribution in [0.4, 0.5) is 0 Å². The maximum absolute atomic E-state index is 12.0. The summed E-state index contributed by atoms with van der Waals surface area (Å²) in [6.07, 6.45) is -0.787. The van der Waals surface area contributed by atoms with Crippen molar-refractivity contribution in [2.75, 3.05) is 19.8 Å². The van der Waals surface area contributed by atoms with E-state index < -0.39 is 39.5 Å². The highest BCUT2D eigenvalue weighted by atomic mass is 31.3. The second-order valence-electron chi connectivity index (χ2n) is 7.62. The normalized spacial score (nSPS) is 19.2. The summed E-state index contributed by atoms with van der Waals surface area (Å²) in [4.78, 5) is 30.3. The van der Waals surface area contributed by atoms with Gasteiger partial charge in [-0.05, 0) is 11.8 Å². The Kier molecular flexibility index (Phi) is 8.31. The highest BCUT2D eigenvalue weighted by Crippen LogP contribution is 2.58. The van der Waals surface area contributed by atoms with Crippen molar-refractivity contribution in [3.05, 3.63) is 0 Å². The first-order valence-corrected chi connectivity index (χ1v) is 10.9. The number of phosphoric acid groups is 1. The van der Waals surface area contributed by atoms with Gasteiger partial charge in [0.25, 0.3) is 0 Å². The van der Waals surface area contributed by atoms with Crippen molar-refractivity contribution in [1.82, 2.24) is 5.32 Å². The highest BCUT2D eigenvalue weighted by Gasteiger charge is 2.38. The molecule has 0 saturated heterocycles. The first-order valence-electron chi connectivity index (χ1n) is 7.40. The maximum atomic E-state index is 12.0. The Balaban J connectivity index is 4.61. The fraction of sp³-hybridized carbons (Fsp3) is 0.923. The fourth-order valence-electron chi connectivity index (χ4n) is 1.55. The zero-order chi connectivity index (χ0) is 19.4. The van der Waals surface area contributed by atoms with Crippen molar-refractivity contribution in [3.8, 4) is 0 Å². The SMILES string of the molecule is CC(C)(C)CCNC(=O)C(O)C(C)(C)COP(=O)(O)OP(C)(=O)O. The number of nitrogens with one attached hydrogen (secondary N) is 1. The van der Waals surface area contributed by atoms with E-state index in [9.17, 15) is 23.9 Å². The second-order valence-corrected chi connectivity index (χ2v) is 11.1. The predicted molar refractivity (Wildman–Crippen MR) is 89.5 cm³/mol. The van der Waals surface area contributed by atoms with Crippen LogP contribution in [0.1, 0.15) is 41.0 Å². The number of amides is 1. The zero-order valence-electron chi connectivity index (χ0n) is 15.0. The maximum Gasteiger partial charge on any atom is 0.479 e. The highest BCUT2D eigenvalue weighted by molar-refractivity contribution is 7.63. The van der Waals surface area contributed by atoms with Gasteiger partial charge in [-0.2, -0.15) is 0 Å². The van der Waals surface area contributed by atoms with Crippen molar-refractivity contribution >= 4 is 21.3 Å². The third-order valence-electron chi connectivity index (χ3n) is 3.02. The zero-order valence-corrected chi connectivity index (χ0v) is 16.8. The Bertz CT molecular complexity index is 523. The van der Waals surface area contributed by atoms with Crippen LogP contribution in [-0.2, 0) is 22.8 Å². The van der Waals surface area contributed by atoms with Crippen LogP contribution >= 0.6 is 15.4 Å². The minimum absolute atomic E-state index is 0.0239. The van der Waals surface area contributed by atoms with E-state index in [0.29, 0.717) is 13.0 Å². The van der Waals surface area contributed by atoms with Gasteiger partial charge in [0, 0.05) is 18.6 Å². The van der Waals surface area contributed by atoms with E-state index in [0.717, 1.165) is 6.66 Å². The van der Waals surface area contributed by atoms with Crippen LogP contribution in [0.2, 0.25) is 0 Å². The van der Waals surface area contributed by atoms with Gasteiger partial charge < -0.3 is 20.2 Å². The van der Waals surface area contributed by atoms with Gasteiger partial charge in [-0.1, -0.05) is 34.6 Å². The van der Waals surface area contributed by atoms with E-state index >= 15 is 0 Å². The molecule has 0 bridgehead atoms. The van der Waals surface area contributed by atoms with Crippen molar-refractivity contribution in [3.63, 3.8) is 0 Å². The minimum atomic E-state index is -4.78. The lowest BCUT2D eigenvalue weighted by atomic mass is 9.87. The topological polar surface area (TPSA) is 142 Å². The summed E-state index contributed by atoms with van der Waals surface area (Å²) in [6.45, 7) is 9.52. The minimum Gasteiger partial charge on any atom is -0.383 e. The van der Waals surface area contributed by atoms with Gasteiger partial charge in [-0.15, -0.1) is 0 Å². The molecule has 3 unspecified atom stereocenters. The van der Waals surface area contributed by atoms with Crippen molar-refractivity contribution in [2.24, 2.45) is 10.8 Å². The molecule has 0 rings (SSSR count). The summed E-state index contributed by atoms with van der Waals surface area (Å²) in [5, 5.41) is 12.7. The van der Waals surface area contributed by atoms with E-state index in [1.165, 1.54) is 13.8 Å². The van der Waals surface area contributed by atoms with E-state index in [2.05, 4.69) is 14.2 Å². The summed E-state index contributed by atoms with van der Waals surface area (Å²) < 4.78 is 31.2. The van der Waals surface area contributed by atoms with Gasteiger partial charge in [0.2, 0.25) is 5.91 Å². The number of hydrogen-bond acceptors (Lipinski definition) is 6. The predicted octanol–water partition coefficient (Wildman–Crippen LogP) is 1.87. The number of phosphoric ester groups is 1. The van der Waals surface area contributed by atoms with E-state index in [-0.39, 0.29) is 5.41 Å². The molecule has 0 spiro atoms. The molecule has 24 heavy (non-hydrogen) atoms. The van der Waals surface area contributed by atoms with E-state index in [1.807, 2.05) is 20.8 Å². The Morgan fingerprint density at radius 2 is 1.67 bits per heavy atom. The number of aliphatic hydroxyl groups is 1. The average Bonchev–Trinajstić information content (AvgIpc) is 2.31. The van der Waals surface area contributed by atoms with Crippen LogP contribution in [0.15, 0.2) is 0 Å². The molecule has 0 fully saturated rings. The molecule has 0 aliphatic rings. The van der Waals surface area contributed by atoms with Crippen LogP contribution < -0.4 is 5.32 Å². The van der Waals surface area contributed by atoms with Crippen LogP contribution in [0.3, 0.4) is 0 Å². The monoisotopic (exact) mass is 389 g/mol. The van der Waals surface area contributed by atoms with Gasteiger partial charge >= 0.3 is 15.4 Å². The largest absolute Gasteiger partial charge is 0.479 e. The summed E-state index contributed by atoms with van der Waals surface area (Å²) in [7, 11) is -9.00. The molecule has 0 radical (unpaired) electrons. The van der Waals surface area contributed by atoms with Gasteiger partial charge in [0.1, 0.15) is 6.10 Å². The third-order valence-corrected chi connectivity index (χ3v) is 5.51. The first kappa shape index (κ1) is 23.7. The third kappa shape index (κ3) is 10.6. The number of carbonyl (C=O) groups excluding carboxylic acids is 1. The summed E-state index contributed by atoms with van der Waals surface area (Å²) in [5.41, 5.74) is -1.20. The Morgan fingerprint density at radius 3 is 2.08 bits per heavy atom. The lowest BCUT2D eigenvalue weighted by molar-refractivity contribution is -0.137. The Labute approximate surface area is 142 Å². The van der Waals surface area contributed by atoms with Crippen LogP contribution in [0.25, 0.3) is 0 Å². The molecule has 0 aromatic carbocycles. The molecular weight excluding hydrogens is 360 g/mol. The standard InChI is InChI=1S/C13H29NO8P2/c1-12(2,3)7-8-14-11(16)10(15)13(4,5)9-21-24(19,20)22-23(6,17)18/h10,15H,7-9H2,1-6H3,(H,14,16)(H,17,18)(H,19,20). The van der Waals surface area contributed by atoms with Crippen LogP contribution in [-0.4, -0.2) is 46.7 Å². The number of aliphatic hydroxyl groups excluding tert-OH is 1. The molecule has 0 heterocycles. The molecule has 0 aliphatic carbocycles. The molecule has 9 nitrogen and oxygen atoms in total. The first-order chi connectivity index (χ1) is 10.5. The van der Waals surface area contributed by atoms with Crippen LogP contribution in [0.5, 0.6) is 0 Å². The van der Waals surface area contributed by atoms with Crippen molar-refractivity contribution < 1.29 is 37.7 Å². The summed E-state index contributed by atoms with van der Waals surface area (Å²) >= 11 is 0. The molecule has 4 N–H and O–H groups in total. The van der Waals surface area contributed by atoms with Crippen LogP contribution in [0, 0.1) is 10.8 Å². The molecule has 144 valence electrons. The van der Waals surface area contributed by atoms with Gasteiger partial charge in [0.05, 0.1) is 6.61 Å². The van der Waals surface area contributed by atoms with Gasteiger partial charge in [-0.3, -0.25) is 13.9 Å². The molecule has 0 saturated carbocycles. The molecule has 0 aliphatic heterocycles. The second kappa shape index (κ2) is 8.41. The van der Waals surface area contributed by atoms with Crippen molar-refractivity contribution in [1.29, 1.82) is 0 Å². The molecule has 0 aromatic rings. The lowest BCUT2D eigenvalue weighted by Crippen LogP contribution is -2.46. The molecular formula is C13H29NO8P2. The number of hydrogen-bond donors (Lipinski definition) is 4. The number of rotatable bonds is 9. The van der Waals surface area contributed by atoms with Crippen molar-refractivity contribution in [2.45, 2.75) is 47.1 Å². The quantitative estimate of drug-likeness (QED) is 0.438. The van der Waals surface area contributed by atoms with Gasteiger partial charge in [-0.25, -0.2) is 8.88 Å². The average molecular weight is 389 g/mol. The fourth-order valence-corrected chi connectivity index (χ4v) is 3.77. The summed E-state index contributed by atoms with van der Waals surface area (Å²) in [5.74, 6) is -0.634. The Hall–Kier alpha value is -0.270. The molecule has 1 amide bonds. The number of carbonyl (C=O) groups is 1. The molecule has 11 heteroatoms. The van der Waals surface area contributed by atoms with E-state index in [4.69, 9.17) is 4.89 Å². The Morgan fingerprint density at radius 1 is 1.17 bits per heavy atom. The molecule has 3 atom stereocenters. The lowest BCUT2D eigenvalue weighted by Gasteiger charge is -2.30. The molecule has 0 aromatic heterocycles. The summed E-state index contributed by atoms with van der Waals surface area (Å²) in [6, 6.07) is 0. The smallest absolute Gasteiger partial charge is 0.383 e. The van der Waals surface area contributed by atoms with Gasteiger partial charge in [0.15, 0.2) is 0 Å².